The first-order valence-electron chi connectivity index (χ1n) is 8.69. The van der Waals surface area contributed by atoms with Crippen molar-refractivity contribution in [2.24, 2.45) is 0 Å². The molecule has 3 aromatic rings. The predicted molar refractivity (Wildman–Crippen MR) is 110 cm³/mol. The van der Waals surface area contributed by atoms with E-state index in [0.29, 0.717) is 17.8 Å². The molecular weight excluding hydrogens is 396 g/mol. The van der Waals surface area contributed by atoms with Gasteiger partial charge in [0, 0.05) is 17.7 Å². The smallest absolute Gasteiger partial charge is 0.411 e. The molecule has 8 heteroatoms. The Balaban J connectivity index is 1.84. The third kappa shape index (κ3) is 3.74. The number of carbonyl (C=O) groups excluding carboxylic acids is 1. The number of rotatable bonds is 4. The molecule has 0 radical (unpaired) electrons. The van der Waals surface area contributed by atoms with E-state index in [-0.39, 0.29) is 10.3 Å². The van der Waals surface area contributed by atoms with Gasteiger partial charge < -0.3 is 4.74 Å². The largest absolute Gasteiger partial charge is 0.446 e. The fourth-order valence-corrected chi connectivity index (χ4v) is 5.24. The Morgan fingerprint density at radius 1 is 1.14 bits per heavy atom. The van der Waals surface area contributed by atoms with Gasteiger partial charge in [0.05, 0.1) is 5.69 Å². The number of sulfonamides is 1. The van der Waals surface area contributed by atoms with Gasteiger partial charge in [-0.15, -0.1) is 11.3 Å². The number of fused-ring (bicyclic) bond motifs is 1. The zero-order valence-electron chi connectivity index (χ0n) is 15.0. The Morgan fingerprint density at radius 3 is 2.64 bits per heavy atom. The first-order chi connectivity index (χ1) is 13.4. The van der Waals surface area contributed by atoms with E-state index < -0.39 is 16.1 Å². The van der Waals surface area contributed by atoms with Crippen molar-refractivity contribution in [2.75, 3.05) is 10.0 Å². The van der Waals surface area contributed by atoms with Crippen LogP contribution in [0.1, 0.15) is 12.5 Å². The molecule has 0 bridgehead atoms. The summed E-state index contributed by atoms with van der Waals surface area (Å²) in [7, 11) is -3.68. The molecular formula is C20H18N2O4S2. The van der Waals surface area contributed by atoms with Crippen molar-refractivity contribution >= 4 is 38.8 Å². The van der Waals surface area contributed by atoms with Crippen LogP contribution in [0.2, 0.25) is 0 Å². The van der Waals surface area contributed by atoms with E-state index in [9.17, 15) is 13.2 Å². The molecule has 0 aliphatic carbocycles. The van der Waals surface area contributed by atoms with Crippen molar-refractivity contribution in [2.45, 2.75) is 23.7 Å². The number of hydrogen-bond acceptors (Lipinski definition) is 5. The van der Waals surface area contributed by atoms with Gasteiger partial charge in [0.1, 0.15) is 10.3 Å². The Bertz CT molecular complexity index is 1110. The highest BCUT2D eigenvalue weighted by Gasteiger charge is 2.24. The van der Waals surface area contributed by atoms with Crippen molar-refractivity contribution in [3.8, 4) is 11.1 Å². The minimum Gasteiger partial charge on any atom is -0.446 e. The zero-order valence-corrected chi connectivity index (χ0v) is 16.6. The van der Waals surface area contributed by atoms with Crippen LogP contribution in [0.15, 0.2) is 64.2 Å². The summed E-state index contributed by atoms with van der Waals surface area (Å²) in [6.45, 7) is 1.80. The molecule has 28 heavy (non-hydrogen) atoms. The fraction of sp³-hybridized carbons (Fsp3) is 0.150. The Kier molecular flexibility index (Phi) is 4.82. The molecule has 1 aliphatic heterocycles. The summed E-state index contributed by atoms with van der Waals surface area (Å²) in [4.78, 5) is 12.1. The van der Waals surface area contributed by atoms with Gasteiger partial charge in [0.15, 0.2) is 0 Å². The van der Waals surface area contributed by atoms with Gasteiger partial charge in [-0.2, -0.15) is 0 Å². The van der Waals surface area contributed by atoms with Gasteiger partial charge in [-0.1, -0.05) is 36.4 Å². The average molecular weight is 415 g/mol. The summed E-state index contributed by atoms with van der Waals surface area (Å²) >= 11 is 1.16. The van der Waals surface area contributed by atoms with Gasteiger partial charge in [-0.25, -0.2) is 13.2 Å². The summed E-state index contributed by atoms with van der Waals surface area (Å²) < 4.78 is 33.5. The van der Waals surface area contributed by atoms with Crippen molar-refractivity contribution in [1.29, 1.82) is 0 Å². The fourth-order valence-electron chi connectivity index (χ4n) is 3.20. The normalized spacial score (nSPS) is 16.5. The van der Waals surface area contributed by atoms with E-state index >= 15 is 0 Å². The number of thiophene rings is 1. The van der Waals surface area contributed by atoms with Gasteiger partial charge in [0.2, 0.25) is 0 Å². The van der Waals surface area contributed by atoms with Crippen LogP contribution in [-0.4, -0.2) is 20.6 Å². The van der Waals surface area contributed by atoms with E-state index in [1.54, 1.807) is 36.6 Å². The van der Waals surface area contributed by atoms with Crippen LogP contribution in [0.5, 0.6) is 0 Å². The predicted octanol–water partition coefficient (Wildman–Crippen LogP) is 4.71. The van der Waals surface area contributed by atoms with Gasteiger partial charge in [-0.05, 0) is 41.6 Å². The lowest BCUT2D eigenvalue weighted by atomic mass is 9.96. The highest BCUT2D eigenvalue weighted by Crippen LogP contribution is 2.37. The summed E-state index contributed by atoms with van der Waals surface area (Å²) in [5, 5.41) is 4.52. The molecule has 0 fully saturated rings. The molecule has 2 aromatic carbocycles. The van der Waals surface area contributed by atoms with E-state index in [2.05, 4.69) is 10.0 Å². The molecule has 0 spiro atoms. The van der Waals surface area contributed by atoms with Crippen molar-refractivity contribution < 1.29 is 17.9 Å². The Morgan fingerprint density at radius 2 is 1.93 bits per heavy atom. The van der Waals surface area contributed by atoms with Crippen molar-refractivity contribution in [1.82, 2.24) is 0 Å². The van der Waals surface area contributed by atoms with Crippen molar-refractivity contribution in [3.63, 3.8) is 0 Å². The SMILES string of the molecule is CC1Cc2cc(NS(=O)(=O)c3cccs3)cc(-c3ccccc3)c2NC(=O)O1. The molecule has 6 nitrogen and oxygen atoms in total. The van der Waals surface area contributed by atoms with E-state index in [1.807, 2.05) is 30.3 Å². The molecule has 1 atom stereocenters. The zero-order chi connectivity index (χ0) is 19.7. The molecule has 144 valence electrons. The lowest BCUT2D eigenvalue weighted by molar-refractivity contribution is 0.123. The molecule has 1 unspecified atom stereocenters. The third-order valence-corrected chi connectivity index (χ3v) is 7.14. The third-order valence-electron chi connectivity index (χ3n) is 4.36. The molecule has 1 aromatic heterocycles. The van der Waals surface area contributed by atoms with Gasteiger partial charge >= 0.3 is 6.09 Å². The summed E-state index contributed by atoms with van der Waals surface area (Å²) in [6.07, 6.45) is -0.368. The second-order valence-corrected chi connectivity index (χ2v) is 9.36. The maximum atomic E-state index is 12.7. The number of amides is 1. The van der Waals surface area contributed by atoms with Gasteiger partial charge in [0.25, 0.3) is 10.0 Å². The van der Waals surface area contributed by atoms with E-state index in [1.165, 1.54) is 0 Å². The van der Waals surface area contributed by atoms with Crippen LogP contribution in [0.3, 0.4) is 0 Å². The second-order valence-electron chi connectivity index (χ2n) is 6.51. The number of benzene rings is 2. The first kappa shape index (κ1) is 18.5. The molecule has 1 amide bonds. The highest BCUT2D eigenvalue weighted by molar-refractivity contribution is 7.94. The van der Waals surface area contributed by atoms with Crippen LogP contribution < -0.4 is 10.0 Å². The molecule has 2 N–H and O–H groups in total. The minimum atomic E-state index is -3.68. The lowest BCUT2D eigenvalue weighted by Gasteiger charge is -2.16. The molecule has 4 rings (SSSR count). The molecule has 0 saturated carbocycles. The van der Waals surface area contributed by atoms with Crippen LogP contribution >= 0.6 is 11.3 Å². The maximum Gasteiger partial charge on any atom is 0.411 e. The van der Waals surface area contributed by atoms with Crippen LogP contribution in [-0.2, 0) is 21.2 Å². The minimum absolute atomic E-state index is 0.244. The Labute approximate surface area is 167 Å². The Hall–Kier alpha value is -2.84. The lowest BCUT2D eigenvalue weighted by Crippen LogP contribution is -2.17. The second kappa shape index (κ2) is 7.29. The number of cyclic esters (lactones) is 1. The number of carbonyl (C=O) groups is 1. The number of nitrogens with one attached hydrogen (secondary N) is 2. The number of anilines is 2. The average Bonchev–Trinajstić information content (AvgIpc) is 3.15. The highest BCUT2D eigenvalue weighted by atomic mass is 32.2. The quantitative estimate of drug-likeness (QED) is 0.648. The maximum absolute atomic E-state index is 12.7. The van der Waals surface area contributed by atoms with Crippen LogP contribution in [0.4, 0.5) is 16.2 Å². The topological polar surface area (TPSA) is 84.5 Å². The summed E-state index contributed by atoms with van der Waals surface area (Å²) in [5.74, 6) is 0. The molecule has 1 aliphatic rings. The molecule has 0 saturated heterocycles. The summed E-state index contributed by atoms with van der Waals surface area (Å²) in [6, 6.07) is 16.2. The van der Waals surface area contributed by atoms with Crippen LogP contribution in [0, 0.1) is 0 Å². The van der Waals surface area contributed by atoms with Gasteiger partial charge in [-0.3, -0.25) is 10.0 Å². The van der Waals surface area contributed by atoms with Crippen LogP contribution in [0.25, 0.3) is 11.1 Å². The van der Waals surface area contributed by atoms with Crippen molar-refractivity contribution in [3.05, 3.63) is 65.5 Å². The summed E-state index contributed by atoms with van der Waals surface area (Å²) in [5.41, 5.74) is 3.48. The van der Waals surface area contributed by atoms with E-state index in [4.69, 9.17) is 4.74 Å². The standard InChI is InChI=1S/C20H18N2O4S2/c1-13-10-15-11-16(22-28(24,25)18-8-5-9-27-18)12-17(14-6-3-2-4-7-14)19(15)21-20(23)26-13/h2-9,11-13,22H,10H2,1H3,(H,21,23). The monoisotopic (exact) mass is 414 g/mol. The first-order valence-corrected chi connectivity index (χ1v) is 11.0. The van der Waals surface area contributed by atoms with E-state index in [0.717, 1.165) is 28.0 Å². The molecule has 2 heterocycles. The number of ether oxygens (including phenoxy) is 1. The number of hydrogen-bond donors (Lipinski definition) is 2.